The maximum absolute atomic E-state index is 12.6. The molecule has 0 radical (unpaired) electrons. The van der Waals surface area contributed by atoms with Gasteiger partial charge in [0.1, 0.15) is 0 Å². The van der Waals surface area contributed by atoms with Crippen molar-refractivity contribution in [1.82, 2.24) is 10.2 Å². The molecule has 1 aliphatic rings. The third-order valence-corrected chi connectivity index (χ3v) is 4.82. The molecule has 2 atom stereocenters. The summed E-state index contributed by atoms with van der Waals surface area (Å²) in [6.07, 6.45) is 3.90. The highest BCUT2D eigenvalue weighted by Crippen LogP contribution is 2.18. The van der Waals surface area contributed by atoms with Gasteiger partial charge in [0.15, 0.2) is 0 Å². The van der Waals surface area contributed by atoms with Gasteiger partial charge in [-0.15, -0.1) is 0 Å². The summed E-state index contributed by atoms with van der Waals surface area (Å²) >= 11 is 1.80. The molecule has 0 saturated carbocycles. The van der Waals surface area contributed by atoms with E-state index in [1.165, 1.54) is 11.1 Å². The van der Waals surface area contributed by atoms with E-state index >= 15 is 0 Å². The summed E-state index contributed by atoms with van der Waals surface area (Å²) < 4.78 is 0. The summed E-state index contributed by atoms with van der Waals surface area (Å²) in [5.41, 5.74) is 2.62. The molecule has 1 amide bonds. The predicted octanol–water partition coefficient (Wildman–Crippen LogP) is 2.30. The second-order valence-electron chi connectivity index (χ2n) is 5.37. The molecule has 1 aromatic carbocycles. The molecular formula is C16H24N2OS. The van der Waals surface area contributed by atoms with Crippen molar-refractivity contribution in [2.75, 3.05) is 19.1 Å². The molecule has 1 heterocycles. The van der Waals surface area contributed by atoms with Gasteiger partial charge in [-0.05, 0) is 30.2 Å². The van der Waals surface area contributed by atoms with Crippen LogP contribution in [-0.2, 0) is 17.8 Å². The minimum Gasteiger partial charge on any atom is -0.341 e. The standard InChI is InChI=1S/C16H24N2OS/c1-4-14(11-20-3)18(2)16(19)15-9-12-7-5-6-8-13(12)10-17-15/h5-8,14-15,17H,4,9-11H2,1-3H3/t14?,15-/m1/s1. The number of thioether (sulfide) groups is 1. The summed E-state index contributed by atoms with van der Waals surface area (Å²) in [7, 11) is 1.94. The lowest BCUT2D eigenvalue weighted by atomic mass is 9.95. The maximum atomic E-state index is 12.6. The van der Waals surface area contributed by atoms with Crippen LogP contribution >= 0.6 is 11.8 Å². The van der Waals surface area contributed by atoms with Crippen LogP contribution in [0.3, 0.4) is 0 Å². The first kappa shape index (κ1) is 15.4. The minimum atomic E-state index is -0.0780. The Hall–Kier alpha value is -1.00. The van der Waals surface area contributed by atoms with Gasteiger partial charge in [0.2, 0.25) is 5.91 Å². The fraction of sp³-hybridized carbons (Fsp3) is 0.562. The van der Waals surface area contributed by atoms with Gasteiger partial charge in [0.25, 0.3) is 0 Å². The number of nitrogens with zero attached hydrogens (tertiary/aromatic N) is 1. The number of carbonyl (C=O) groups excluding carboxylic acids is 1. The quantitative estimate of drug-likeness (QED) is 0.904. The van der Waals surface area contributed by atoms with Gasteiger partial charge >= 0.3 is 0 Å². The highest BCUT2D eigenvalue weighted by Gasteiger charge is 2.28. The summed E-state index contributed by atoms with van der Waals surface area (Å²) in [5.74, 6) is 1.22. The van der Waals surface area contributed by atoms with E-state index in [9.17, 15) is 4.79 Å². The molecule has 0 aromatic heterocycles. The molecule has 0 saturated heterocycles. The van der Waals surface area contributed by atoms with E-state index in [1.54, 1.807) is 11.8 Å². The van der Waals surface area contributed by atoms with Gasteiger partial charge in [-0.2, -0.15) is 11.8 Å². The molecule has 1 unspecified atom stereocenters. The van der Waals surface area contributed by atoms with E-state index in [1.807, 2.05) is 11.9 Å². The van der Waals surface area contributed by atoms with Gasteiger partial charge < -0.3 is 10.2 Å². The number of nitrogens with one attached hydrogen (secondary N) is 1. The number of amides is 1. The van der Waals surface area contributed by atoms with Crippen LogP contribution in [0.4, 0.5) is 0 Å². The van der Waals surface area contributed by atoms with E-state index < -0.39 is 0 Å². The Morgan fingerprint density at radius 3 is 2.80 bits per heavy atom. The first-order valence-corrected chi connectivity index (χ1v) is 8.62. The van der Waals surface area contributed by atoms with Crippen LogP contribution in [-0.4, -0.2) is 41.9 Å². The number of carbonyl (C=O) groups is 1. The highest BCUT2D eigenvalue weighted by atomic mass is 32.2. The topological polar surface area (TPSA) is 32.3 Å². The Bertz CT molecular complexity index is 464. The Morgan fingerprint density at radius 2 is 2.15 bits per heavy atom. The lowest BCUT2D eigenvalue weighted by Gasteiger charge is -2.33. The smallest absolute Gasteiger partial charge is 0.240 e. The lowest BCUT2D eigenvalue weighted by molar-refractivity contribution is -0.134. The second-order valence-corrected chi connectivity index (χ2v) is 6.28. The SMILES string of the molecule is CCC(CSC)N(C)C(=O)[C@H]1Cc2ccccc2CN1. The fourth-order valence-electron chi connectivity index (χ4n) is 2.75. The minimum absolute atomic E-state index is 0.0780. The lowest BCUT2D eigenvalue weighted by Crippen LogP contribution is -2.51. The average Bonchev–Trinajstić information content (AvgIpc) is 2.50. The van der Waals surface area contributed by atoms with Crippen molar-refractivity contribution in [3.05, 3.63) is 35.4 Å². The molecule has 0 fully saturated rings. The van der Waals surface area contributed by atoms with Gasteiger partial charge in [-0.25, -0.2) is 0 Å². The average molecular weight is 292 g/mol. The van der Waals surface area contributed by atoms with Gasteiger partial charge in [-0.3, -0.25) is 4.79 Å². The van der Waals surface area contributed by atoms with Crippen LogP contribution in [0, 0.1) is 0 Å². The number of benzene rings is 1. The van der Waals surface area contributed by atoms with Gasteiger partial charge in [-0.1, -0.05) is 31.2 Å². The third-order valence-electron chi connectivity index (χ3n) is 4.11. The van der Waals surface area contributed by atoms with Crippen LogP contribution < -0.4 is 5.32 Å². The van der Waals surface area contributed by atoms with Crippen molar-refractivity contribution >= 4 is 17.7 Å². The summed E-state index contributed by atoms with van der Waals surface area (Å²) in [4.78, 5) is 14.6. The van der Waals surface area contributed by atoms with Crippen LogP contribution in [0.15, 0.2) is 24.3 Å². The van der Waals surface area contributed by atoms with Crippen molar-refractivity contribution in [2.24, 2.45) is 0 Å². The number of hydrogen-bond acceptors (Lipinski definition) is 3. The van der Waals surface area contributed by atoms with Crippen LogP contribution in [0.2, 0.25) is 0 Å². The second kappa shape index (κ2) is 7.14. The number of fused-ring (bicyclic) bond motifs is 1. The zero-order chi connectivity index (χ0) is 14.5. The molecule has 0 spiro atoms. The molecule has 1 aromatic rings. The molecule has 4 heteroatoms. The molecule has 1 N–H and O–H groups in total. The molecule has 1 aliphatic heterocycles. The fourth-order valence-corrected chi connectivity index (χ4v) is 3.59. The van der Waals surface area contributed by atoms with Gasteiger partial charge in [0, 0.05) is 25.4 Å². The van der Waals surface area contributed by atoms with E-state index in [-0.39, 0.29) is 11.9 Å². The predicted molar refractivity (Wildman–Crippen MR) is 86.0 cm³/mol. The van der Waals surface area contributed by atoms with Crippen molar-refractivity contribution < 1.29 is 4.79 Å². The molecular weight excluding hydrogens is 268 g/mol. The number of likely N-dealkylation sites (N-methyl/N-ethyl adjacent to an activating group) is 1. The van der Waals surface area contributed by atoms with E-state index in [0.717, 1.165) is 25.1 Å². The largest absolute Gasteiger partial charge is 0.341 e. The van der Waals surface area contributed by atoms with Crippen molar-refractivity contribution in [3.8, 4) is 0 Å². The van der Waals surface area contributed by atoms with E-state index in [0.29, 0.717) is 6.04 Å². The monoisotopic (exact) mass is 292 g/mol. The first-order valence-electron chi connectivity index (χ1n) is 7.23. The molecule has 2 rings (SSSR count). The summed E-state index contributed by atoms with van der Waals surface area (Å²) in [6.45, 7) is 2.94. The molecule has 0 bridgehead atoms. The summed E-state index contributed by atoms with van der Waals surface area (Å²) in [5, 5.41) is 3.38. The van der Waals surface area contributed by atoms with Crippen LogP contribution in [0.1, 0.15) is 24.5 Å². The normalized spacial score (nSPS) is 19.2. The van der Waals surface area contributed by atoms with Crippen LogP contribution in [0.5, 0.6) is 0 Å². The molecule has 0 aliphatic carbocycles. The van der Waals surface area contributed by atoms with E-state index in [2.05, 4.69) is 42.8 Å². The third kappa shape index (κ3) is 3.36. The van der Waals surface area contributed by atoms with Gasteiger partial charge in [0.05, 0.1) is 6.04 Å². The van der Waals surface area contributed by atoms with Crippen molar-refractivity contribution in [2.45, 2.75) is 38.4 Å². The zero-order valence-electron chi connectivity index (χ0n) is 12.6. The van der Waals surface area contributed by atoms with Crippen molar-refractivity contribution in [3.63, 3.8) is 0 Å². The maximum Gasteiger partial charge on any atom is 0.240 e. The van der Waals surface area contributed by atoms with Crippen molar-refractivity contribution in [1.29, 1.82) is 0 Å². The highest BCUT2D eigenvalue weighted by molar-refractivity contribution is 7.98. The Morgan fingerprint density at radius 1 is 1.45 bits per heavy atom. The Kier molecular flexibility index (Phi) is 5.49. The number of rotatable bonds is 5. The first-order chi connectivity index (χ1) is 9.67. The number of hydrogen-bond donors (Lipinski definition) is 1. The van der Waals surface area contributed by atoms with E-state index in [4.69, 9.17) is 0 Å². The molecule has 20 heavy (non-hydrogen) atoms. The Labute approximate surface area is 126 Å². The molecule has 110 valence electrons. The Balaban J connectivity index is 2.04. The van der Waals surface area contributed by atoms with Crippen LogP contribution in [0.25, 0.3) is 0 Å². The molecule has 3 nitrogen and oxygen atoms in total. The summed E-state index contributed by atoms with van der Waals surface area (Å²) in [6, 6.07) is 8.63. The zero-order valence-corrected chi connectivity index (χ0v) is 13.4.